The Balaban J connectivity index is 2.98. The van der Waals surface area contributed by atoms with Crippen LogP contribution in [0.15, 0.2) is 15.9 Å². The van der Waals surface area contributed by atoms with Gasteiger partial charge in [0.2, 0.25) is 0 Å². The third-order valence-corrected chi connectivity index (χ3v) is 4.73. The molecular formula is C12H21BrN2S. The van der Waals surface area contributed by atoms with Crippen molar-refractivity contribution in [3.05, 3.63) is 20.8 Å². The van der Waals surface area contributed by atoms with Gasteiger partial charge in [0.15, 0.2) is 0 Å². The number of halogens is 1. The van der Waals surface area contributed by atoms with E-state index in [0.29, 0.717) is 17.9 Å². The van der Waals surface area contributed by atoms with E-state index in [1.165, 1.54) is 9.35 Å². The summed E-state index contributed by atoms with van der Waals surface area (Å²) in [6.45, 7) is 5.23. The molecule has 0 aromatic carbocycles. The van der Waals surface area contributed by atoms with Crippen LogP contribution in [0.3, 0.4) is 0 Å². The molecule has 92 valence electrons. The molecule has 0 aliphatic carbocycles. The Morgan fingerprint density at radius 1 is 1.44 bits per heavy atom. The molecule has 0 saturated heterocycles. The SMILES string of the molecule is CC(C)C(CN)C(c1cc(Br)cs1)N(C)C. The molecule has 2 unspecified atom stereocenters. The third kappa shape index (κ3) is 3.29. The van der Waals surface area contributed by atoms with Crippen LogP contribution in [-0.4, -0.2) is 25.5 Å². The maximum absolute atomic E-state index is 5.92. The van der Waals surface area contributed by atoms with Crippen molar-refractivity contribution in [3.8, 4) is 0 Å². The highest BCUT2D eigenvalue weighted by atomic mass is 79.9. The number of thiophene rings is 1. The highest BCUT2D eigenvalue weighted by molar-refractivity contribution is 9.10. The summed E-state index contributed by atoms with van der Waals surface area (Å²) in [7, 11) is 4.26. The Kier molecular flexibility index (Phi) is 5.44. The number of nitrogens with two attached hydrogens (primary N) is 1. The molecule has 1 rings (SSSR count). The van der Waals surface area contributed by atoms with Crippen molar-refractivity contribution in [1.29, 1.82) is 0 Å². The number of hydrogen-bond acceptors (Lipinski definition) is 3. The van der Waals surface area contributed by atoms with Crippen molar-refractivity contribution in [2.45, 2.75) is 19.9 Å². The summed E-state index contributed by atoms with van der Waals surface area (Å²) in [4.78, 5) is 3.66. The summed E-state index contributed by atoms with van der Waals surface area (Å²) in [5.41, 5.74) is 5.92. The van der Waals surface area contributed by atoms with Crippen LogP contribution in [0.25, 0.3) is 0 Å². The summed E-state index contributed by atoms with van der Waals surface area (Å²) in [6.07, 6.45) is 0. The molecule has 0 aliphatic heterocycles. The fourth-order valence-corrected chi connectivity index (χ4v) is 3.81. The van der Waals surface area contributed by atoms with Crippen LogP contribution < -0.4 is 5.73 Å². The molecule has 4 heteroatoms. The number of hydrogen-bond donors (Lipinski definition) is 1. The van der Waals surface area contributed by atoms with Crippen molar-refractivity contribution >= 4 is 27.3 Å². The average molecular weight is 305 g/mol. The quantitative estimate of drug-likeness (QED) is 0.904. The van der Waals surface area contributed by atoms with Crippen molar-refractivity contribution in [3.63, 3.8) is 0 Å². The third-order valence-electron chi connectivity index (χ3n) is 2.97. The summed E-state index contributed by atoms with van der Waals surface area (Å²) in [5.74, 6) is 1.10. The summed E-state index contributed by atoms with van der Waals surface area (Å²) in [6, 6.07) is 2.63. The molecule has 0 spiro atoms. The van der Waals surface area contributed by atoms with Gasteiger partial charge in [-0.15, -0.1) is 11.3 Å². The molecule has 0 fully saturated rings. The van der Waals surface area contributed by atoms with E-state index in [0.717, 1.165) is 6.54 Å². The minimum Gasteiger partial charge on any atom is -0.330 e. The van der Waals surface area contributed by atoms with Crippen molar-refractivity contribution in [2.24, 2.45) is 17.6 Å². The van der Waals surface area contributed by atoms with Gasteiger partial charge in [-0.25, -0.2) is 0 Å². The fourth-order valence-electron chi connectivity index (χ4n) is 2.10. The molecule has 2 N–H and O–H groups in total. The highest BCUT2D eigenvalue weighted by Gasteiger charge is 2.27. The van der Waals surface area contributed by atoms with Gasteiger partial charge in [-0.1, -0.05) is 13.8 Å². The first kappa shape index (κ1) is 14.2. The van der Waals surface area contributed by atoms with Gasteiger partial charge >= 0.3 is 0 Å². The van der Waals surface area contributed by atoms with E-state index in [2.05, 4.69) is 60.2 Å². The van der Waals surface area contributed by atoms with E-state index in [-0.39, 0.29) is 0 Å². The maximum atomic E-state index is 5.92. The molecule has 0 saturated carbocycles. The van der Waals surface area contributed by atoms with E-state index >= 15 is 0 Å². The molecule has 1 aromatic heterocycles. The Morgan fingerprint density at radius 2 is 2.06 bits per heavy atom. The minimum atomic E-state index is 0.418. The smallest absolute Gasteiger partial charge is 0.0478 e. The van der Waals surface area contributed by atoms with Crippen LogP contribution in [0.5, 0.6) is 0 Å². The van der Waals surface area contributed by atoms with E-state index in [4.69, 9.17) is 5.73 Å². The van der Waals surface area contributed by atoms with Gasteiger partial charge in [0.1, 0.15) is 0 Å². The van der Waals surface area contributed by atoms with Crippen molar-refractivity contribution in [2.75, 3.05) is 20.6 Å². The van der Waals surface area contributed by atoms with Crippen LogP contribution >= 0.6 is 27.3 Å². The van der Waals surface area contributed by atoms with E-state index in [9.17, 15) is 0 Å². The monoisotopic (exact) mass is 304 g/mol. The standard InChI is InChI=1S/C12H21BrN2S/c1-8(2)10(6-14)12(15(3)4)11-5-9(13)7-16-11/h5,7-8,10,12H,6,14H2,1-4H3. The average Bonchev–Trinajstić information content (AvgIpc) is 2.59. The largest absolute Gasteiger partial charge is 0.330 e. The highest BCUT2D eigenvalue weighted by Crippen LogP contribution is 2.36. The number of rotatable bonds is 5. The molecule has 2 atom stereocenters. The second-order valence-corrected chi connectivity index (χ2v) is 6.58. The molecule has 16 heavy (non-hydrogen) atoms. The van der Waals surface area contributed by atoms with Gasteiger partial charge in [0.05, 0.1) is 0 Å². The molecular weight excluding hydrogens is 284 g/mol. The molecule has 0 aliphatic rings. The predicted octanol–water partition coefficient (Wildman–Crippen LogP) is 3.34. The van der Waals surface area contributed by atoms with Crippen LogP contribution in [0.4, 0.5) is 0 Å². The maximum Gasteiger partial charge on any atom is 0.0478 e. The van der Waals surface area contributed by atoms with Crippen LogP contribution in [0.1, 0.15) is 24.8 Å². The van der Waals surface area contributed by atoms with Gasteiger partial charge in [-0.05, 0) is 54.5 Å². The molecule has 2 nitrogen and oxygen atoms in total. The van der Waals surface area contributed by atoms with Crippen molar-refractivity contribution in [1.82, 2.24) is 4.90 Å². The topological polar surface area (TPSA) is 29.3 Å². The molecule has 0 bridgehead atoms. The lowest BCUT2D eigenvalue weighted by Gasteiger charge is -2.33. The van der Waals surface area contributed by atoms with Gasteiger partial charge in [-0.3, -0.25) is 0 Å². The van der Waals surface area contributed by atoms with E-state index < -0.39 is 0 Å². The van der Waals surface area contributed by atoms with Crippen LogP contribution in [0, 0.1) is 11.8 Å². The first-order valence-corrected chi connectivity index (χ1v) is 7.25. The van der Waals surface area contributed by atoms with Gasteiger partial charge in [-0.2, -0.15) is 0 Å². The zero-order valence-corrected chi connectivity index (χ0v) is 12.8. The lowest BCUT2D eigenvalue weighted by Crippen LogP contribution is -2.34. The Morgan fingerprint density at radius 3 is 2.38 bits per heavy atom. The van der Waals surface area contributed by atoms with Gasteiger partial charge < -0.3 is 10.6 Å². The zero-order chi connectivity index (χ0) is 12.3. The van der Waals surface area contributed by atoms with Crippen LogP contribution in [0.2, 0.25) is 0 Å². The lowest BCUT2D eigenvalue weighted by atomic mass is 9.87. The Bertz CT molecular complexity index is 323. The number of nitrogens with zero attached hydrogens (tertiary/aromatic N) is 1. The first-order valence-electron chi connectivity index (χ1n) is 5.57. The van der Waals surface area contributed by atoms with E-state index in [1.54, 1.807) is 11.3 Å². The second-order valence-electron chi connectivity index (χ2n) is 4.72. The molecule has 0 amide bonds. The normalized spacial score (nSPS) is 15.8. The Labute approximate surface area is 111 Å². The van der Waals surface area contributed by atoms with E-state index in [1.807, 2.05) is 0 Å². The van der Waals surface area contributed by atoms with Crippen LogP contribution in [-0.2, 0) is 0 Å². The summed E-state index contributed by atoms with van der Waals surface area (Å²) >= 11 is 5.32. The predicted molar refractivity (Wildman–Crippen MR) is 75.8 cm³/mol. The molecule has 0 radical (unpaired) electrons. The lowest BCUT2D eigenvalue weighted by molar-refractivity contribution is 0.179. The second kappa shape index (κ2) is 6.15. The first-order chi connectivity index (χ1) is 7.47. The zero-order valence-electron chi connectivity index (χ0n) is 10.4. The Hall–Kier alpha value is 0.1000. The van der Waals surface area contributed by atoms with Crippen molar-refractivity contribution < 1.29 is 0 Å². The fraction of sp³-hybridized carbons (Fsp3) is 0.667. The summed E-state index contributed by atoms with van der Waals surface area (Å²) in [5, 5.41) is 2.14. The molecule has 1 aromatic rings. The molecule has 1 heterocycles. The summed E-state index contributed by atoms with van der Waals surface area (Å²) < 4.78 is 1.17. The van der Waals surface area contributed by atoms with Gasteiger partial charge in [0.25, 0.3) is 0 Å². The van der Waals surface area contributed by atoms with Gasteiger partial charge in [0, 0.05) is 20.8 Å². The minimum absolute atomic E-state index is 0.418.